The molecule has 29 heavy (non-hydrogen) atoms. The van der Waals surface area contributed by atoms with E-state index in [1.807, 2.05) is 0 Å². The summed E-state index contributed by atoms with van der Waals surface area (Å²) in [5, 5.41) is 31.0. The molecule has 2 aliphatic rings. The molecule has 0 bridgehead atoms. The third-order valence-corrected chi connectivity index (χ3v) is 5.12. The predicted octanol–water partition coefficient (Wildman–Crippen LogP) is 3.16. The number of rotatable bonds is 1. The van der Waals surface area contributed by atoms with Crippen LogP contribution in [0, 0.1) is 10.1 Å². The number of nitrogens with zero attached hydrogens (tertiary/aromatic N) is 1. The van der Waals surface area contributed by atoms with Crippen molar-refractivity contribution in [3.05, 3.63) is 80.9 Å². The van der Waals surface area contributed by atoms with E-state index in [9.17, 15) is 25.1 Å². The second-order valence-electron chi connectivity index (χ2n) is 6.75. The summed E-state index contributed by atoms with van der Waals surface area (Å²) in [5.41, 5.74) is 5.01. The SMILES string of the molecule is Nc1cc2c(cc1[N+](=O)[O-])C(=O)OC21c2ccc(O)cc2Oc2cc(O)ccc21. The van der Waals surface area contributed by atoms with E-state index in [4.69, 9.17) is 15.2 Å². The highest BCUT2D eigenvalue weighted by atomic mass is 16.6. The van der Waals surface area contributed by atoms with Crippen LogP contribution in [0.5, 0.6) is 23.0 Å². The molecule has 3 aromatic carbocycles. The van der Waals surface area contributed by atoms with Crippen molar-refractivity contribution in [1.29, 1.82) is 0 Å². The third kappa shape index (κ3) is 2.12. The van der Waals surface area contributed by atoms with Gasteiger partial charge in [0.1, 0.15) is 28.7 Å². The summed E-state index contributed by atoms with van der Waals surface area (Å²) in [6.07, 6.45) is 0. The lowest BCUT2D eigenvalue weighted by atomic mass is 9.77. The molecule has 0 saturated heterocycles. The Morgan fingerprint density at radius 2 is 1.52 bits per heavy atom. The Kier molecular flexibility index (Phi) is 3.13. The zero-order chi connectivity index (χ0) is 20.5. The zero-order valence-electron chi connectivity index (χ0n) is 14.6. The van der Waals surface area contributed by atoms with Crippen molar-refractivity contribution in [3.8, 4) is 23.0 Å². The number of hydrogen-bond acceptors (Lipinski definition) is 8. The van der Waals surface area contributed by atoms with Crippen molar-refractivity contribution in [2.45, 2.75) is 5.60 Å². The van der Waals surface area contributed by atoms with E-state index in [-0.39, 0.29) is 34.2 Å². The first-order chi connectivity index (χ1) is 13.8. The monoisotopic (exact) mass is 392 g/mol. The van der Waals surface area contributed by atoms with Crippen LogP contribution < -0.4 is 10.5 Å². The maximum absolute atomic E-state index is 12.8. The van der Waals surface area contributed by atoms with Gasteiger partial charge in [-0.1, -0.05) is 0 Å². The summed E-state index contributed by atoms with van der Waals surface area (Å²) in [4.78, 5) is 23.3. The zero-order valence-corrected chi connectivity index (χ0v) is 14.6. The van der Waals surface area contributed by atoms with E-state index in [0.29, 0.717) is 16.7 Å². The van der Waals surface area contributed by atoms with Gasteiger partial charge in [-0.15, -0.1) is 0 Å². The Balaban J connectivity index is 1.89. The van der Waals surface area contributed by atoms with Gasteiger partial charge in [0.2, 0.25) is 0 Å². The van der Waals surface area contributed by atoms with E-state index < -0.39 is 22.2 Å². The molecule has 144 valence electrons. The highest BCUT2D eigenvalue weighted by Gasteiger charge is 2.54. The molecule has 0 saturated carbocycles. The molecule has 9 heteroatoms. The fraction of sp³-hybridized carbons (Fsp3) is 0.0500. The summed E-state index contributed by atoms with van der Waals surface area (Å²) in [6.45, 7) is 0. The Labute approximate surface area is 162 Å². The average Bonchev–Trinajstić information content (AvgIpc) is 2.93. The number of carbonyl (C=O) groups excluding carboxylic acids is 1. The van der Waals surface area contributed by atoms with Gasteiger partial charge in [-0.05, 0) is 30.3 Å². The molecule has 5 rings (SSSR count). The van der Waals surface area contributed by atoms with E-state index >= 15 is 0 Å². The number of hydrogen-bond donors (Lipinski definition) is 3. The molecule has 2 aliphatic heterocycles. The van der Waals surface area contributed by atoms with Crippen molar-refractivity contribution in [2.75, 3.05) is 5.73 Å². The molecule has 0 aliphatic carbocycles. The van der Waals surface area contributed by atoms with Gasteiger partial charge < -0.3 is 25.4 Å². The lowest BCUT2D eigenvalue weighted by molar-refractivity contribution is -0.383. The Morgan fingerprint density at radius 3 is 2.07 bits per heavy atom. The van der Waals surface area contributed by atoms with Crippen LogP contribution in [0.2, 0.25) is 0 Å². The van der Waals surface area contributed by atoms with Gasteiger partial charge in [-0.3, -0.25) is 10.1 Å². The fourth-order valence-corrected chi connectivity index (χ4v) is 3.91. The molecule has 0 amide bonds. The van der Waals surface area contributed by atoms with Gasteiger partial charge in [0.15, 0.2) is 5.60 Å². The highest BCUT2D eigenvalue weighted by Crippen LogP contribution is 2.57. The Morgan fingerprint density at radius 1 is 0.931 bits per heavy atom. The minimum absolute atomic E-state index is 0.00542. The summed E-state index contributed by atoms with van der Waals surface area (Å²) in [5.74, 6) is -0.491. The molecule has 3 aromatic rings. The minimum atomic E-state index is -1.50. The number of nitro groups is 1. The van der Waals surface area contributed by atoms with Crippen LogP contribution in [0.25, 0.3) is 0 Å². The van der Waals surface area contributed by atoms with Crippen LogP contribution in [0.3, 0.4) is 0 Å². The Bertz CT molecular complexity index is 1200. The molecule has 2 heterocycles. The van der Waals surface area contributed by atoms with E-state index in [0.717, 1.165) is 6.07 Å². The topological polar surface area (TPSA) is 145 Å². The van der Waals surface area contributed by atoms with Crippen molar-refractivity contribution in [2.24, 2.45) is 0 Å². The first-order valence-electron chi connectivity index (χ1n) is 8.48. The standard InChI is InChI=1S/C20H12N2O7/c21-15-8-14-11(7-16(15)22(26)27)19(25)29-20(14)12-3-1-9(23)5-17(12)28-18-6-10(24)2-4-13(18)20/h1-8,23-24H,21H2. The molecule has 0 unspecified atom stereocenters. The van der Waals surface area contributed by atoms with Crippen molar-refractivity contribution in [3.63, 3.8) is 0 Å². The Hall–Kier alpha value is -4.27. The van der Waals surface area contributed by atoms with Gasteiger partial charge in [0, 0.05) is 34.9 Å². The number of ether oxygens (including phenoxy) is 2. The number of nitrogen functional groups attached to an aromatic ring is 1. The van der Waals surface area contributed by atoms with Crippen molar-refractivity contribution in [1.82, 2.24) is 0 Å². The largest absolute Gasteiger partial charge is 0.508 e. The number of nitrogens with two attached hydrogens (primary N) is 1. The second-order valence-corrected chi connectivity index (χ2v) is 6.75. The summed E-state index contributed by atoms with van der Waals surface area (Å²) >= 11 is 0. The van der Waals surface area contributed by atoms with Gasteiger partial charge in [0.05, 0.1) is 10.5 Å². The molecular formula is C20H12N2O7. The number of phenolic OH excluding ortho intramolecular Hbond substituents is 2. The summed E-state index contributed by atoms with van der Waals surface area (Å²) < 4.78 is 11.6. The molecule has 1 spiro atoms. The number of phenols is 2. The van der Waals surface area contributed by atoms with Crippen LogP contribution in [0.15, 0.2) is 48.5 Å². The number of carbonyl (C=O) groups is 1. The minimum Gasteiger partial charge on any atom is -0.508 e. The molecular weight excluding hydrogens is 380 g/mol. The first-order valence-corrected chi connectivity index (χ1v) is 8.48. The van der Waals surface area contributed by atoms with Gasteiger partial charge in [-0.25, -0.2) is 4.79 Å². The molecule has 4 N–H and O–H groups in total. The fourth-order valence-electron chi connectivity index (χ4n) is 3.91. The molecule has 0 fully saturated rings. The highest BCUT2D eigenvalue weighted by molar-refractivity contribution is 5.99. The normalized spacial score (nSPS) is 15.1. The number of nitro benzene ring substituents is 1. The number of aromatic hydroxyl groups is 2. The number of benzene rings is 3. The van der Waals surface area contributed by atoms with Gasteiger partial charge in [-0.2, -0.15) is 0 Å². The van der Waals surface area contributed by atoms with Gasteiger partial charge >= 0.3 is 5.97 Å². The quantitative estimate of drug-likeness (QED) is 0.248. The predicted molar refractivity (Wildman–Crippen MR) is 99.1 cm³/mol. The first kappa shape index (κ1) is 16.9. The number of esters is 1. The van der Waals surface area contributed by atoms with Crippen molar-refractivity contribution >= 4 is 17.3 Å². The average molecular weight is 392 g/mol. The molecule has 0 radical (unpaired) electrons. The van der Waals surface area contributed by atoms with Crippen LogP contribution in [0.4, 0.5) is 11.4 Å². The molecule has 0 aromatic heterocycles. The molecule has 9 nitrogen and oxygen atoms in total. The lowest BCUT2D eigenvalue weighted by Gasteiger charge is -2.36. The van der Waals surface area contributed by atoms with Crippen LogP contribution in [0.1, 0.15) is 27.0 Å². The second kappa shape index (κ2) is 5.38. The van der Waals surface area contributed by atoms with Crippen LogP contribution in [-0.4, -0.2) is 21.1 Å². The van der Waals surface area contributed by atoms with E-state index in [1.54, 1.807) is 12.1 Å². The van der Waals surface area contributed by atoms with E-state index in [1.165, 1.54) is 30.3 Å². The summed E-state index contributed by atoms with van der Waals surface area (Å²) in [7, 11) is 0. The van der Waals surface area contributed by atoms with E-state index in [2.05, 4.69) is 0 Å². The molecule has 0 atom stereocenters. The van der Waals surface area contributed by atoms with Crippen LogP contribution in [-0.2, 0) is 10.3 Å². The number of anilines is 1. The maximum Gasteiger partial charge on any atom is 0.340 e. The maximum atomic E-state index is 12.8. The van der Waals surface area contributed by atoms with Crippen LogP contribution >= 0.6 is 0 Å². The van der Waals surface area contributed by atoms with Gasteiger partial charge in [0.25, 0.3) is 5.69 Å². The third-order valence-electron chi connectivity index (χ3n) is 5.12. The smallest absolute Gasteiger partial charge is 0.340 e. The number of fused-ring (bicyclic) bond motifs is 6. The van der Waals surface area contributed by atoms with Crippen molar-refractivity contribution < 1.29 is 29.4 Å². The summed E-state index contributed by atoms with van der Waals surface area (Å²) in [6, 6.07) is 11.1. The lowest BCUT2D eigenvalue weighted by Crippen LogP contribution is -2.33.